The summed E-state index contributed by atoms with van der Waals surface area (Å²) < 4.78 is 7.08. The fraction of sp³-hybridized carbons (Fsp3) is 0.417. The number of nitrogens with one attached hydrogen (secondary N) is 1. The summed E-state index contributed by atoms with van der Waals surface area (Å²) in [4.78, 5) is 23.3. The highest BCUT2D eigenvalue weighted by Gasteiger charge is 2.28. The minimum absolute atomic E-state index is 0.0710. The van der Waals surface area contributed by atoms with E-state index in [9.17, 15) is 9.90 Å². The van der Waals surface area contributed by atoms with E-state index in [1.807, 2.05) is 0 Å². The molecule has 2 N–H and O–H groups in total. The molecule has 0 radical (unpaired) electrons. The molecule has 19 heavy (non-hydrogen) atoms. The number of imidazole rings is 1. The van der Waals surface area contributed by atoms with Gasteiger partial charge in [-0.15, -0.1) is 6.58 Å². The Morgan fingerprint density at radius 2 is 2.47 bits per heavy atom. The Morgan fingerprint density at radius 1 is 1.63 bits per heavy atom. The summed E-state index contributed by atoms with van der Waals surface area (Å²) in [6.07, 6.45) is 4.10. The monoisotopic (exact) mass is 262 g/mol. The molecule has 0 spiro atoms. The molecule has 2 aromatic rings. The zero-order chi connectivity index (χ0) is 13.4. The lowest BCUT2D eigenvalue weighted by molar-refractivity contribution is 0.0165. The lowest BCUT2D eigenvalue weighted by Gasteiger charge is -2.17. The van der Waals surface area contributed by atoms with Gasteiger partial charge in [-0.05, 0) is 12.8 Å². The van der Waals surface area contributed by atoms with Crippen molar-refractivity contribution in [2.45, 2.75) is 31.8 Å². The van der Waals surface area contributed by atoms with Gasteiger partial charge in [0.2, 0.25) is 0 Å². The van der Waals surface area contributed by atoms with Crippen LogP contribution < -0.4 is 5.56 Å². The number of aliphatic hydroxyl groups excluding tert-OH is 1. The summed E-state index contributed by atoms with van der Waals surface area (Å²) in [7, 11) is 0. The highest BCUT2D eigenvalue weighted by atomic mass is 16.5. The number of hydrogen-bond acceptors (Lipinski definition) is 5. The van der Waals surface area contributed by atoms with Crippen LogP contribution in [0.3, 0.4) is 0 Å². The largest absolute Gasteiger partial charge is 0.388 e. The molecule has 0 aromatic carbocycles. The lowest BCUT2D eigenvalue weighted by atomic mass is 10.2. The quantitative estimate of drug-likeness (QED) is 0.784. The molecule has 1 aliphatic heterocycles. The third kappa shape index (κ3) is 1.87. The van der Waals surface area contributed by atoms with Crippen LogP contribution in [0.4, 0.5) is 0 Å². The van der Waals surface area contributed by atoms with Gasteiger partial charge in [-0.3, -0.25) is 9.36 Å². The summed E-state index contributed by atoms with van der Waals surface area (Å²) in [5.41, 5.74) is 0.330. The van der Waals surface area contributed by atoms with E-state index < -0.39 is 6.23 Å². The fourth-order valence-electron chi connectivity index (χ4n) is 2.36. The molecule has 0 saturated carbocycles. The molecule has 3 rings (SSSR count). The highest BCUT2D eigenvalue weighted by Crippen LogP contribution is 2.28. The Balaban J connectivity index is 2.13. The number of nitrogens with zero attached hydrogens (tertiary/aromatic N) is 3. The number of aromatic amines is 1. The molecular weight excluding hydrogens is 248 g/mol. The second-order valence-corrected chi connectivity index (χ2v) is 4.40. The molecule has 2 aromatic heterocycles. The van der Waals surface area contributed by atoms with Gasteiger partial charge in [0.1, 0.15) is 18.7 Å². The van der Waals surface area contributed by atoms with Crippen molar-refractivity contribution in [2.75, 3.05) is 0 Å². The molecule has 2 unspecified atom stereocenters. The SMILES string of the molecule is C=CC1CCC(n2c(CO)nc3[nH]cnc3c2=O)O1. The van der Waals surface area contributed by atoms with Gasteiger partial charge in [-0.25, -0.2) is 9.97 Å². The van der Waals surface area contributed by atoms with E-state index >= 15 is 0 Å². The molecular formula is C12H14N4O3. The van der Waals surface area contributed by atoms with Gasteiger partial charge >= 0.3 is 0 Å². The van der Waals surface area contributed by atoms with E-state index in [4.69, 9.17) is 4.74 Å². The van der Waals surface area contributed by atoms with Crippen LogP contribution in [0.25, 0.3) is 11.2 Å². The molecule has 0 bridgehead atoms. The molecule has 3 heterocycles. The zero-order valence-electron chi connectivity index (χ0n) is 10.2. The van der Waals surface area contributed by atoms with Gasteiger partial charge in [-0.1, -0.05) is 6.08 Å². The van der Waals surface area contributed by atoms with E-state index in [1.54, 1.807) is 6.08 Å². The number of rotatable bonds is 3. The molecule has 7 nitrogen and oxygen atoms in total. The maximum atomic E-state index is 12.4. The van der Waals surface area contributed by atoms with Crippen LogP contribution in [-0.4, -0.2) is 30.7 Å². The van der Waals surface area contributed by atoms with E-state index in [0.29, 0.717) is 12.1 Å². The van der Waals surface area contributed by atoms with Crippen molar-refractivity contribution in [3.63, 3.8) is 0 Å². The molecule has 7 heteroatoms. The third-order valence-corrected chi connectivity index (χ3v) is 3.28. The first-order chi connectivity index (χ1) is 9.24. The smallest absolute Gasteiger partial charge is 0.283 e. The minimum Gasteiger partial charge on any atom is -0.388 e. The van der Waals surface area contributed by atoms with Gasteiger partial charge in [0.15, 0.2) is 11.2 Å². The first-order valence-corrected chi connectivity index (χ1v) is 6.08. The molecule has 1 fully saturated rings. The lowest BCUT2D eigenvalue weighted by Crippen LogP contribution is -2.29. The van der Waals surface area contributed by atoms with Crippen LogP contribution in [-0.2, 0) is 11.3 Å². The normalized spacial score (nSPS) is 23.0. The summed E-state index contributed by atoms with van der Waals surface area (Å²) in [6.45, 7) is 3.35. The molecule has 2 atom stereocenters. The number of aliphatic hydroxyl groups is 1. The topological polar surface area (TPSA) is 93.0 Å². The van der Waals surface area contributed by atoms with E-state index in [2.05, 4.69) is 21.5 Å². The van der Waals surface area contributed by atoms with Crippen LogP contribution in [0, 0.1) is 0 Å². The molecule has 100 valence electrons. The Labute approximate surface area is 108 Å². The predicted molar refractivity (Wildman–Crippen MR) is 67.4 cm³/mol. The Morgan fingerprint density at radius 3 is 3.16 bits per heavy atom. The van der Waals surface area contributed by atoms with Gasteiger partial charge in [0, 0.05) is 0 Å². The van der Waals surface area contributed by atoms with E-state index in [0.717, 1.165) is 6.42 Å². The van der Waals surface area contributed by atoms with Crippen LogP contribution in [0.15, 0.2) is 23.8 Å². The molecule has 1 aliphatic rings. The minimum atomic E-state index is -0.425. The van der Waals surface area contributed by atoms with Crippen molar-refractivity contribution >= 4 is 11.2 Å². The van der Waals surface area contributed by atoms with Crippen LogP contribution in [0.2, 0.25) is 0 Å². The van der Waals surface area contributed by atoms with Gasteiger partial charge in [0.05, 0.1) is 12.4 Å². The van der Waals surface area contributed by atoms with Crippen molar-refractivity contribution in [3.8, 4) is 0 Å². The Hall–Kier alpha value is -1.99. The second kappa shape index (κ2) is 4.60. The van der Waals surface area contributed by atoms with Crippen LogP contribution in [0.5, 0.6) is 0 Å². The molecule has 0 aliphatic carbocycles. The third-order valence-electron chi connectivity index (χ3n) is 3.28. The number of hydrogen-bond donors (Lipinski definition) is 2. The first-order valence-electron chi connectivity index (χ1n) is 6.08. The van der Waals surface area contributed by atoms with Gasteiger partial charge in [0.25, 0.3) is 5.56 Å². The average molecular weight is 262 g/mol. The van der Waals surface area contributed by atoms with Crippen molar-refractivity contribution in [3.05, 3.63) is 35.2 Å². The van der Waals surface area contributed by atoms with Crippen molar-refractivity contribution in [1.29, 1.82) is 0 Å². The molecule has 0 amide bonds. The summed E-state index contributed by atoms with van der Waals surface area (Å²) in [5.74, 6) is 0.275. The highest BCUT2D eigenvalue weighted by molar-refractivity contribution is 5.68. The number of ether oxygens (including phenoxy) is 1. The van der Waals surface area contributed by atoms with Crippen molar-refractivity contribution in [1.82, 2.24) is 19.5 Å². The van der Waals surface area contributed by atoms with Crippen LogP contribution >= 0.6 is 0 Å². The molecule has 1 saturated heterocycles. The number of aromatic nitrogens is 4. The Bertz CT molecular complexity index is 675. The maximum Gasteiger partial charge on any atom is 0.283 e. The summed E-state index contributed by atoms with van der Waals surface area (Å²) >= 11 is 0. The van der Waals surface area contributed by atoms with E-state index in [1.165, 1.54) is 10.9 Å². The second-order valence-electron chi connectivity index (χ2n) is 4.40. The summed E-state index contributed by atoms with van der Waals surface area (Å²) in [5, 5.41) is 9.39. The predicted octanol–water partition coefficient (Wildman–Crippen LogP) is 0.475. The number of H-pyrrole nitrogens is 1. The Kier molecular flexibility index (Phi) is 2.92. The van der Waals surface area contributed by atoms with Gasteiger partial charge in [-0.2, -0.15) is 0 Å². The van der Waals surface area contributed by atoms with Gasteiger partial charge < -0.3 is 14.8 Å². The van der Waals surface area contributed by atoms with Crippen molar-refractivity contribution < 1.29 is 9.84 Å². The van der Waals surface area contributed by atoms with Crippen molar-refractivity contribution in [2.24, 2.45) is 0 Å². The van der Waals surface area contributed by atoms with E-state index in [-0.39, 0.29) is 29.6 Å². The average Bonchev–Trinajstić information content (AvgIpc) is 3.06. The summed E-state index contributed by atoms with van der Waals surface area (Å²) in [6, 6.07) is 0. The standard InChI is InChI=1S/C12H14N4O3/c1-2-7-3-4-9(19-7)16-8(5-17)15-11-10(12(16)18)13-6-14-11/h2,6-7,9,17H,1,3-5H2,(H,13,14). The van der Waals surface area contributed by atoms with Crippen LogP contribution in [0.1, 0.15) is 24.9 Å². The fourth-order valence-corrected chi connectivity index (χ4v) is 2.36. The maximum absolute atomic E-state index is 12.4. The number of fused-ring (bicyclic) bond motifs is 1. The zero-order valence-corrected chi connectivity index (χ0v) is 10.2. The first kappa shape index (κ1) is 12.1.